The molecule has 6 aliphatic rings. The van der Waals surface area contributed by atoms with Gasteiger partial charge in [-0.05, 0) is 131 Å². The van der Waals surface area contributed by atoms with Crippen molar-refractivity contribution in [3.8, 4) is 0 Å². The first-order chi connectivity index (χ1) is 22.7. The van der Waals surface area contributed by atoms with Crippen molar-refractivity contribution in [3.63, 3.8) is 0 Å². The third-order valence-corrected chi connectivity index (χ3v) is 15.8. The summed E-state index contributed by atoms with van der Waals surface area (Å²) in [5, 5.41) is 16.6. The molecule has 0 aromatic carbocycles. The maximum atomic E-state index is 14.0. The Balaban J connectivity index is 1.31. The highest BCUT2D eigenvalue weighted by Gasteiger charge is 2.69. The van der Waals surface area contributed by atoms with E-state index in [4.69, 9.17) is 4.74 Å². The van der Waals surface area contributed by atoms with Gasteiger partial charge in [-0.2, -0.15) is 0 Å². The van der Waals surface area contributed by atoms with Gasteiger partial charge < -0.3 is 20.5 Å². The maximum absolute atomic E-state index is 14.0. The molecule has 3 N–H and O–H groups in total. The number of esters is 1. The van der Waals surface area contributed by atoms with Crippen molar-refractivity contribution in [2.45, 2.75) is 151 Å². The molecule has 0 radical (unpaired) electrons. The molecule has 6 rings (SSSR count). The molecule has 8 atom stereocenters. The summed E-state index contributed by atoms with van der Waals surface area (Å²) in [5.74, 6) is -0.0413. The summed E-state index contributed by atoms with van der Waals surface area (Å²) in [6, 6.07) is 0. The summed E-state index contributed by atoms with van der Waals surface area (Å²) in [5.41, 5.74) is 0.878. The van der Waals surface area contributed by atoms with Gasteiger partial charge in [-0.3, -0.25) is 19.2 Å². The van der Waals surface area contributed by atoms with E-state index in [-0.39, 0.29) is 57.8 Å². The van der Waals surface area contributed by atoms with Crippen LogP contribution in [-0.4, -0.2) is 53.5 Å². The van der Waals surface area contributed by atoms with Gasteiger partial charge in [0.2, 0.25) is 5.91 Å². The first-order valence-corrected chi connectivity index (χ1v) is 19.5. The highest BCUT2D eigenvalue weighted by Crippen LogP contribution is 2.75. The van der Waals surface area contributed by atoms with E-state index in [1.807, 2.05) is 0 Å². The fraction of sp³-hybridized carbons (Fsp3) is 0.854. The summed E-state index contributed by atoms with van der Waals surface area (Å²) in [7, 11) is 0. The van der Waals surface area contributed by atoms with Gasteiger partial charge in [0.15, 0.2) is 0 Å². The lowest BCUT2D eigenvalue weighted by Gasteiger charge is -2.70. The van der Waals surface area contributed by atoms with Crippen LogP contribution in [-0.2, 0) is 23.9 Å². The third kappa shape index (κ3) is 5.55. The number of rotatable bonds is 7. The lowest BCUT2D eigenvalue weighted by atomic mass is 9.34. The topological polar surface area (TPSA) is 122 Å². The zero-order valence-corrected chi connectivity index (χ0v) is 31.9. The zero-order valence-electron chi connectivity index (χ0n) is 31.9. The number of carbonyl (C=O) groups is 4. The Kier molecular flexibility index (Phi) is 9.10. The number of piperidine rings is 1. The SMILES string of the molecule is CC(C)C1C(=O)C[C@]2(NC(=O)C3CCNCC3)CC[C@]3(C)C(=C12)CC[C@@H]1[C@@]2(C)CC[C@H](OC(=O)CC(C)(C)C(=O)O)C(C)(C)[C@@H]2CC[C@]13C. The maximum Gasteiger partial charge on any atom is 0.309 e. The molecule has 0 bridgehead atoms. The van der Waals surface area contributed by atoms with E-state index >= 15 is 0 Å². The van der Waals surface area contributed by atoms with Gasteiger partial charge in [-0.25, -0.2) is 0 Å². The van der Waals surface area contributed by atoms with Crippen molar-refractivity contribution in [2.75, 3.05) is 13.1 Å². The van der Waals surface area contributed by atoms with Crippen LogP contribution in [0.5, 0.6) is 0 Å². The number of nitrogens with one attached hydrogen (secondary N) is 2. The van der Waals surface area contributed by atoms with Gasteiger partial charge in [-0.1, -0.05) is 54.0 Å². The Morgan fingerprint density at radius 1 is 0.939 bits per heavy atom. The summed E-state index contributed by atoms with van der Waals surface area (Å²) >= 11 is 0. The van der Waals surface area contributed by atoms with Crippen LogP contribution in [0, 0.1) is 56.7 Å². The molecule has 1 amide bonds. The van der Waals surface area contributed by atoms with Gasteiger partial charge >= 0.3 is 11.9 Å². The number of hydrogen-bond donors (Lipinski definition) is 3. The molecule has 1 heterocycles. The van der Waals surface area contributed by atoms with Gasteiger partial charge in [0.05, 0.1) is 17.4 Å². The number of carboxylic acid groups (broad SMARTS) is 1. The molecule has 8 nitrogen and oxygen atoms in total. The van der Waals surface area contributed by atoms with Crippen molar-refractivity contribution in [2.24, 2.45) is 56.7 Å². The number of allylic oxidation sites excluding steroid dienone is 1. The largest absolute Gasteiger partial charge is 0.481 e. The Morgan fingerprint density at radius 2 is 1.61 bits per heavy atom. The molecule has 1 unspecified atom stereocenters. The number of amides is 1. The Labute approximate surface area is 294 Å². The Bertz CT molecular complexity index is 1420. The van der Waals surface area contributed by atoms with E-state index in [1.165, 1.54) is 11.1 Å². The van der Waals surface area contributed by atoms with Crippen LogP contribution in [0.2, 0.25) is 0 Å². The second-order valence-electron chi connectivity index (χ2n) is 19.5. The van der Waals surface area contributed by atoms with Gasteiger partial charge in [0.1, 0.15) is 11.9 Å². The van der Waals surface area contributed by atoms with E-state index in [0.717, 1.165) is 77.3 Å². The minimum atomic E-state index is -1.16. The van der Waals surface area contributed by atoms with Crippen molar-refractivity contribution in [1.29, 1.82) is 0 Å². The molecule has 5 aliphatic carbocycles. The predicted molar refractivity (Wildman–Crippen MR) is 189 cm³/mol. The zero-order chi connectivity index (χ0) is 35.9. The summed E-state index contributed by atoms with van der Waals surface area (Å²) in [4.78, 5) is 52.6. The number of carboxylic acids is 1. The number of hydrogen-bond acceptors (Lipinski definition) is 6. The minimum absolute atomic E-state index is 0.00767. The van der Waals surface area contributed by atoms with Crippen LogP contribution >= 0.6 is 0 Å². The second-order valence-corrected chi connectivity index (χ2v) is 19.5. The number of Topliss-reactive ketones (excluding diaryl/α,β-unsaturated/α-hetero) is 1. The molecule has 49 heavy (non-hydrogen) atoms. The normalized spacial score (nSPS) is 40.6. The number of ether oxygens (including phenoxy) is 1. The highest BCUT2D eigenvalue weighted by atomic mass is 16.5. The quantitative estimate of drug-likeness (QED) is 0.191. The van der Waals surface area contributed by atoms with E-state index < -0.39 is 22.9 Å². The number of aliphatic carboxylic acids is 1. The monoisotopic (exact) mass is 680 g/mol. The van der Waals surface area contributed by atoms with Crippen molar-refractivity contribution < 1.29 is 29.0 Å². The molecule has 1 aliphatic heterocycles. The molecular formula is C41H64N2O6. The number of fused-ring (bicyclic) bond motifs is 6. The first-order valence-electron chi connectivity index (χ1n) is 19.5. The van der Waals surface area contributed by atoms with Crippen LogP contribution < -0.4 is 10.6 Å². The van der Waals surface area contributed by atoms with Crippen LogP contribution in [0.4, 0.5) is 0 Å². The van der Waals surface area contributed by atoms with Gasteiger partial charge in [-0.15, -0.1) is 0 Å². The molecule has 1 saturated heterocycles. The van der Waals surface area contributed by atoms with Gasteiger partial charge in [0, 0.05) is 23.7 Å². The molecule has 0 spiro atoms. The van der Waals surface area contributed by atoms with Crippen molar-refractivity contribution >= 4 is 23.6 Å². The fourth-order valence-corrected chi connectivity index (χ4v) is 12.9. The van der Waals surface area contributed by atoms with Crippen LogP contribution in [0.3, 0.4) is 0 Å². The third-order valence-electron chi connectivity index (χ3n) is 15.8. The van der Waals surface area contributed by atoms with Crippen molar-refractivity contribution in [1.82, 2.24) is 10.6 Å². The highest BCUT2D eigenvalue weighted by molar-refractivity contribution is 5.93. The van der Waals surface area contributed by atoms with E-state index in [2.05, 4.69) is 59.1 Å². The lowest BCUT2D eigenvalue weighted by Crippen LogP contribution is -2.65. The second kappa shape index (κ2) is 12.2. The minimum Gasteiger partial charge on any atom is -0.481 e. The molecule has 4 saturated carbocycles. The average Bonchev–Trinajstić information content (AvgIpc) is 3.30. The first kappa shape index (κ1) is 36.6. The number of ketones is 1. The molecule has 274 valence electrons. The summed E-state index contributed by atoms with van der Waals surface area (Å²) in [6.45, 7) is 21.4. The van der Waals surface area contributed by atoms with Crippen LogP contribution in [0.15, 0.2) is 11.1 Å². The summed E-state index contributed by atoms with van der Waals surface area (Å²) < 4.78 is 6.15. The van der Waals surface area contributed by atoms with E-state index in [1.54, 1.807) is 13.8 Å². The average molecular weight is 681 g/mol. The Morgan fingerprint density at radius 3 is 2.24 bits per heavy atom. The fourth-order valence-electron chi connectivity index (χ4n) is 12.9. The van der Waals surface area contributed by atoms with Crippen molar-refractivity contribution in [3.05, 3.63) is 11.1 Å². The van der Waals surface area contributed by atoms with Crippen LogP contribution in [0.1, 0.15) is 139 Å². The molecular weight excluding hydrogens is 616 g/mol. The van der Waals surface area contributed by atoms with Crippen LogP contribution in [0.25, 0.3) is 0 Å². The van der Waals surface area contributed by atoms with Gasteiger partial charge in [0.25, 0.3) is 0 Å². The predicted octanol–water partition coefficient (Wildman–Crippen LogP) is 7.25. The molecule has 8 heteroatoms. The standard InChI is InChI=1S/C41H64N2O6/c1-24(2)32-27(44)22-41(43-34(46)25-14-20-42-21-15-25)19-18-39(8)26(33(32)41)10-11-29-38(7)16-13-30(49-31(45)23-36(3,4)35(47)48)37(5,6)28(38)12-17-40(29,39)9/h24-25,28-30,32,42H,10-23H2,1-9H3,(H,43,46)(H,47,48)/t28-,29+,30-,32?,38-,39+,40+,41+/m0/s1. The number of carbonyl (C=O) groups excluding carboxylic acids is 3. The molecule has 0 aromatic rings. The molecule has 0 aromatic heterocycles. The Hall–Kier alpha value is -2.22. The van der Waals surface area contributed by atoms with E-state index in [0.29, 0.717) is 24.0 Å². The summed E-state index contributed by atoms with van der Waals surface area (Å²) in [6.07, 6.45) is 9.50. The smallest absolute Gasteiger partial charge is 0.309 e. The van der Waals surface area contributed by atoms with E-state index in [9.17, 15) is 24.3 Å². The lowest BCUT2D eigenvalue weighted by molar-refractivity contribution is -0.214. The molecule has 5 fully saturated rings.